The van der Waals surface area contributed by atoms with Crippen molar-refractivity contribution in [3.8, 4) is 0 Å². The average molecular weight is 282 g/mol. The molecule has 0 unspecified atom stereocenters. The molecular weight excluding hydrogens is 260 g/mol. The number of nitrogens with zero attached hydrogens (tertiary/aromatic N) is 2. The number of aryl methyl sites for hydroxylation is 1. The zero-order chi connectivity index (χ0) is 14.8. The van der Waals surface area contributed by atoms with E-state index in [-0.39, 0.29) is 0 Å². The summed E-state index contributed by atoms with van der Waals surface area (Å²) in [5.41, 5.74) is 17.0. The molecule has 0 bridgehead atoms. The van der Waals surface area contributed by atoms with Gasteiger partial charge in [0, 0.05) is 48.9 Å². The molecule has 1 aliphatic rings. The number of piperazine rings is 1. The second kappa shape index (κ2) is 5.56. The van der Waals surface area contributed by atoms with E-state index in [1.807, 2.05) is 24.3 Å². The molecule has 0 saturated carbocycles. The third-order valence-corrected chi connectivity index (χ3v) is 4.10. The first-order chi connectivity index (χ1) is 10.1. The highest BCUT2D eigenvalue weighted by Gasteiger charge is 2.18. The molecule has 0 atom stereocenters. The number of hydrogen-bond acceptors (Lipinski definition) is 4. The molecule has 0 aliphatic carbocycles. The van der Waals surface area contributed by atoms with Crippen LogP contribution in [-0.2, 0) is 0 Å². The van der Waals surface area contributed by atoms with Crippen molar-refractivity contribution in [2.24, 2.45) is 0 Å². The van der Waals surface area contributed by atoms with Crippen LogP contribution in [0.3, 0.4) is 0 Å². The van der Waals surface area contributed by atoms with Crippen molar-refractivity contribution in [1.82, 2.24) is 0 Å². The molecule has 0 amide bonds. The van der Waals surface area contributed by atoms with E-state index in [1.54, 1.807) is 0 Å². The maximum atomic E-state index is 5.83. The Bertz CT molecular complexity index is 613. The molecule has 4 heteroatoms. The number of benzene rings is 2. The number of nitrogen functional groups attached to an aromatic ring is 2. The van der Waals surface area contributed by atoms with Gasteiger partial charge in [-0.1, -0.05) is 0 Å². The molecule has 0 aromatic heterocycles. The Labute approximate surface area is 126 Å². The van der Waals surface area contributed by atoms with Gasteiger partial charge >= 0.3 is 0 Å². The second-order valence-electron chi connectivity index (χ2n) is 5.61. The van der Waals surface area contributed by atoms with Crippen LogP contribution in [0.4, 0.5) is 22.7 Å². The van der Waals surface area contributed by atoms with Crippen LogP contribution in [0.5, 0.6) is 0 Å². The van der Waals surface area contributed by atoms with Gasteiger partial charge in [-0.05, 0) is 55.0 Å². The Morgan fingerprint density at radius 3 is 1.95 bits per heavy atom. The van der Waals surface area contributed by atoms with Gasteiger partial charge in [0.25, 0.3) is 0 Å². The third kappa shape index (κ3) is 2.89. The van der Waals surface area contributed by atoms with Crippen LogP contribution < -0.4 is 21.3 Å². The first kappa shape index (κ1) is 13.6. The van der Waals surface area contributed by atoms with E-state index in [1.165, 1.54) is 16.9 Å². The molecular formula is C17H22N4. The van der Waals surface area contributed by atoms with Gasteiger partial charge in [-0.25, -0.2) is 0 Å². The van der Waals surface area contributed by atoms with Gasteiger partial charge in [0.2, 0.25) is 0 Å². The fourth-order valence-electron chi connectivity index (χ4n) is 2.92. The second-order valence-corrected chi connectivity index (χ2v) is 5.61. The highest BCUT2D eigenvalue weighted by molar-refractivity contribution is 5.60. The van der Waals surface area contributed by atoms with Crippen molar-refractivity contribution in [2.45, 2.75) is 6.92 Å². The highest BCUT2D eigenvalue weighted by atomic mass is 15.3. The van der Waals surface area contributed by atoms with Gasteiger partial charge < -0.3 is 21.3 Å². The SMILES string of the molecule is Cc1cc(N)ccc1N1CCN(c2ccc(N)cc2)CC1. The predicted molar refractivity (Wildman–Crippen MR) is 90.9 cm³/mol. The van der Waals surface area contributed by atoms with Crippen molar-refractivity contribution in [2.75, 3.05) is 47.4 Å². The molecule has 1 heterocycles. The number of rotatable bonds is 2. The number of hydrogen-bond donors (Lipinski definition) is 2. The Morgan fingerprint density at radius 2 is 1.33 bits per heavy atom. The summed E-state index contributed by atoms with van der Waals surface area (Å²) in [6, 6.07) is 14.3. The van der Waals surface area contributed by atoms with Gasteiger partial charge in [-0.2, -0.15) is 0 Å². The zero-order valence-corrected chi connectivity index (χ0v) is 12.4. The molecule has 0 spiro atoms. The largest absolute Gasteiger partial charge is 0.399 e. The van der Waals surface area contributed by atoms with Gasteiger partial charge in [0.1, 0.15) is 0 Å². The topological polar surface area (TPSA) is 58.5 Å². The monoisotopic (exact) mass is 282 g/mol. The summed E-state index contributed by atoms with van der Waals surface area (Å²) in [7, 11) is 0. The quantitative estimate of drug-likeness (QED) is 0.831. The fraction of sp³-hybridized carbons (Fsp3) is 0.294. The molecule has 110 valence electrons. The molecule has 3 rings (SSSR count). The Kier molecular flexibility index (Phi) is 3.60. The molecule has 2 aromatic rings. The van der Waals surface area contributed by atoms with E-state index in [4.69, 9.17) is 11.5 Å². The van der Waals surface area contributed by atoms with Crippen LogP contribution in [0.1, 0.15) is 5.56 Å². The van der Waals surface area contributed by atoms with E-state index in [9.17, 15) is 0 Å². The van der Waals surface area contributed by atoms with Crippen LogP contribution >= 0.6 is 0 Å². The van der Waals surface area contributed by atoms with Gasteiger partial charge in [0.05, 0.1) is 0 Å². The first-order valence-corrected chi connectivity index (χ1v) is 7.35. The van der Waals surface area contributed by atoms with Crippen LogP contribution in [0.25, 0.3) is 0 Å². The summed E-state index contributed by atoms with van der Waals surface area (Å²) >= 11 is 0. The smallest absolute Gasteiger partial charge is 0.0398 e. The van der Waals surface area contributed by atoms with E-state index >= 15 is 0 Å². The van der Waals surface area contributed by atoms with Crippen molar-refractivity contribution in [1.29, 1.82) is 0 Å². The molecule has 1 fully saturated rings. The molecule has 4 N–H and O–H groups in total. The standard InChI is InChI=1S/C17H22N4/c1-13-12-15(19)4-7-17(13)21-10-8-20(9-11-21)16-5-2-14(18)3-6-16/h2-7,12H,8-11,18-19H2,1H3. The van der Waals surface area contributed by atoms with Gasteiger partial charge in [0.15, 0.2) is 0 Å². The molecule has 2 aromatic carbocycles. The lowest BCUT2D eigenvalue weighted by atomic mass is 10.1. The molecule has 1 saturated heterocycles. The number of anilines is 4. The maximum absolute atomic E-state index is 5.83. The molecule has 1 aliphatic heterocycles. The van der Waals surface area contributed by atoms with Crippen molar-refractivity contribution < 1.29 is 0 Å². The molecule has 4 nitrogen and oxygen atoms in total. The summed E-state index contributed by atoms with van der Waals surface area (Å²) in [5, 5.41) is 0. The predicted octanol–water partition coefficient (Wildman–Crippen LogP) is 2.49. The van der Waals surface area contributed by atoms with Crippen LogP contribution in [-0.4, -0.2) is 26.2 Å². The third-order valence-electron chi connectivity index (χ3n) is 4.10. The summed E-state index contributed by atoms with van der Waals surface area (Å²) in [6.07, 6.45) is 0. The van der Waals surface area contributed by atoms with Gasteiger partial charge in [-0.15, -0.1) is 0 Å². The summed E-state index contributed by atoms with van der Waals surface area (Å²) in [4.78, 5) is 4.84. The normalized spacial score (nSPS) is 15.3. The van der Waals surface area contributed by atoms with E-state index in [0.717, 1.165) is 37.6 Å². The summed E-state index contributed by atoms with van der Waals surface area (Å²) < 4.78 is 0. The van der Waals surface area contributed by atoms with Crippen LogP contribution in [0.2, 0.25) is 0 Å². The van der Waals surface area contributed by atoms with Crippen LogP contribution in [0.15, 0.2) is 42.5 Å². The lowest BCUT2D eigenvalue weighted by Crippen LogP contribution is -2.46. The van der Waals surface area contributed by atoms with Gasteiger partial charge in [-0.3, -0.25) is 0 Å². The Hall–Kier alpha value is -2.36. The average Bonchev–Trinajstić information content (AvgIpc) is 2.48. The number of nitrogens with two attached hydrogens (primary N) is 2. The molecule has 0 radical (unpaired) electrons. The minimum Gasteiger partial charge on any atom is -0.399 e. The van der Waals surface area contributed by atoms with E-state index < -0.39 is 0 Å². The van der Waals surface area contributed by atoms with Crippen LogP contribution in [0, 0.1) is 6.92 Å². The maximum Gasteiger partial charge on any atom is 0.0398 e. The lowest BCUT2D eigenvalue weighted by molar-refractivity contribution is 0.652. The minimum atomic E-state index is 0.815. The minimum absolute atomic E-state index is 0.815. The van der Waals surface area contributed by atoms with E-state index in [0.29, 0.717) is 0 Å². The zero-order valence-electron chi connectivity index (χ0n) is 12.4. The Balaban J connectivity index is 1.68. The lowest BCUT2D eigenvalue weighted by Gasteiger charge is -2.38. The highest BCUT2D eigenvalue weighted by Crippen LogP contribution is 2.25. The van der Waals surface area contributed by atoms with Crippen molar-refractivity contribution >= 4 is 22.7 Å². The van der Waals surface area contributed by atoms with Crippen molar-refractivity contribution in [3.05, 3.63) is 48.0 Å². The Morgan fingerprint density at radius 1 is 0.762 bits per heavy atom. The fourth-order valence-corrected chi connectivity index (χ4v) is 2.92. The van der Waals surface area contributed by atoms with E-state index in [2.05, 4.69) is 34.9 Å². The van der Waals surface area contributed by atoms with Crippen molar-refractivity contribution in [3.63, 3.8) is 0 Å². The first-order valence-electron chi connectivity index (χ1n) is 7.35. The summed E-state index contributed by atoms with van der Waals surface area (Å²) in [6.45, 7) is 6.21. The molecule has 21 heavy (non-hydrogen) atoms. The summed E-state index contributed by atoms with van der Waals surface area (Å²) in [5.74, 6) is 0.